The third-order valence-electron chi connectivity index (χ3n) is 3.54. The Balaban J connectivity index is 1.98. The van der Waals surface area contributed by atoms with Gasteiger partial charge in [0.2, 0.25) is 0 Å². The zero-order valence-electron chi connectivity index (χ0n) is 11.8. The van der Waals surface area contributed by atoms with Gasteiger partial charge in [0.25, 0.3) is 5.91 Å². The molecule has 1 heterocycles. The summed E-state index contributed by atoms with van der Waals surface area (Å²) in [5, 5.41) is 16.3. The maximum atomic E-state index is 12.2. The van der Waals surface area contributed by atoms with E-state index in [0.717, 1.165) is 12.2 Å². The second kappa shape index (κ2) is 6.72. The van der Waals surface area contributed by atoms with Crippen molar-refractivity contribution in [2.45, 2.75) is 25.4 Å². The molecule has 2 rings (SSSR count). The van der Waals surface area contributed by atoms with Gasteiger partial charge in [-0.25, -0.2) is 0 Å². The van der Waals surface area contributed by atoms with Crippen LogP contribution in [-0.2, 0) is 4.74 Å². The molecule has 0 spiro atoms. The number of anilines is 1. The number of carbonyl (C=O) groups is 1. The van der Waals surface area contributed by atoms with Crippen LogP contribution in [0.2, 0.25) is 0 Å². The van der Waals surface area contributed by atoms with Crippen molar-refractivity contribution in [2.75, 3.05) is 31.6 Å². The molecule has 1 aromatic rings. The van der Waals surface area contributed by atoms with Gasteiger partial charge in [0.05, 0.1) is 11.2 Å². The summed E-state index contributed by atoms with van der Waals surface area (Å²) in [6, 6.07) is 7.38. The molecule has 1 saturated heterocycles. The number of rotatable bonds is 5. The van der Waals surface area contributed by atoms with E-state index in [2.05, 4.69) is 10.6 Å². The molecular weight excluding hydrogens is 256 g/mol. The minimum absolute atomic E-state index is 0.165. The predicted molar refractivity (Wildman–Crippen MR) is 77.9 cm³/mol. The van der Waals surface area contributed by atoms with Crippen molar-refractivity contribution in [1.82, 2.24) is 5.32 Å². The third-order valence-corrected chi connectivity index (χ3v) is 3.54. The van der Waals surface area contributed by atoms with Gasteiger partial charge in [-0.15, -0.1) is 0 Å². The van der Waals surface area contributed by atoms with Crippen LogP contribution in [0.4, 0.5) is 5.69 Å². The molecule has 0 saturated carbocycles. The van der Waals surface area contributed by atoms with Gasteiger partial charge in [0.15, 0.2) is 0 Å². The van der Waals surface area contributed by atoms with Crippen LogP contribution in [0.3, 0.4) is 0 Å². The molecule has 1 aliphatic heterocycles. The number of hydrogen-bond acceptors (Lipinski definition) is 4. The van der Waals surface area contributed by atoms with Crippen molar-refractivity contribution in [2.24, 2.45) is 0 Å². The highest BCUT2D eigenvalue weighted by Crippen LogP contribution is 2.20. The van der Waals surface area contributed by atoms with Crippen LogP contribution in [0, 0.1) is 0 Å². The molecule has 0 atom stereocenters. The second-order valence-corrected chi connectivity index (χ2v) is 5.10. The lowest BCUT2D eigenvalue weighted by Gasteiger charge is -2.32. The first-order valence-corrected chi connectivity index (χ1v) is 7.06. The topological polar surface area (TPSA) is 70.6 Å². The lowest BCUT2D eigenvalue weighted by atomic mass is 9.94. The van der Waals surface area contributed by atoms with Crippen LogP contribution < -0.4 is 10.6 Å². The van der Waals surface area contributed by atoms with Crippen LogP contribution in [-0.4, -0.2) is 42.9 Å². The Labute approximate surface area is 119 Å². The summed E-state index contributed by atoms with van der Waals surface area (Å²) in [6.07, 6.45) is 1.12. The normalized spacial score (nSPS) is 17.5. The number of benzene rings is 1. The molecular formula is C15H22N2O3. The van der Waals surface area contributed by atoms with Crippen molar-refractivity contribution < 1.29 is 14.6 Å². The Kier molecular flexibility index (Phi) is 4.98. The number of hydrogen-bond donors (Lipinski definition) is 3. The van der Waals surface area contributed by atoms with Crippen LogP contribution in [0.1, 0.15) is 30.1 Å². The van der Waals surface area contributed by atoms with Crippen LogP contribution in [0.25, 0.3) is 0 Å². The predicted octanol–water partition coefficient (Wildman–Crippen LogP) is 1.39. The van der Waals surface area contributed by atoms with E-state index in [0.29, 0.717) is 31.6 Å². The number of carbonyl (C=O) groups excluding carboxylic acids is 1. The van der Waals surface area contributed by atoms with Gasteiger partial charge in [-0.05, 0) is 19.1 Å². The summed E-state index contributed by atoms with van der Waals surface area (Å²) < 4.78 is 5.22. The number of para-hydroxylation sites is 1. The molecule has 1 aliphatic rings. The molecule has 20 heavy (non-hydrogen) atoms. The molecule has 110 valence electrons. The molecule has 1 amide bonds. The molecule has 1 fully saturated rings. The number of ether oxygens (including phenoxy) is 1. The second-order valence-electron chi connectivity index (χ2n) is 5.10. The fourth-order valence-corrected chi connectivity index (χ4v) is 2.29. The molecule has 5 heteroatoms. The van der Waals surface area contributed by atoms with Gasteiger partial charge < -0.3 is 20.5 Å². The highest BCUT2D eigenvalue weighted by Gasteiger charge is 2.30. The number of amides is 1. The molecule has 0 aromatic heterocycles. The first-order valence-electron chi connectivity index (χ1n) is 7.06. The van der Waals surface area contributed by atoms with Gasteiger partial charge in [-0.3, -0.25) is 4.79 Å². The van der Waals surface area contributed by atoms with Crippen molar-refractivity contribution >= 4 is 11.6 Å². The van der Waals surface area contributed by atoms with E-state index in [1.807, 2.05) is 25.1 Å². The van der Waals surface area contributed by atoms with Crippen LogP contribution >= 0.6 is 0 Å². The average molecular weight is 278 g/mol. The van der Waals surface area contributed by atoms with Gasteiger partial charge in [-0.2, -0.15) is 0 Å². The third kappa shape index (κ3) is 3.71. The summed E-state index contributed by atoms with van der Waals surface area (Å²) in [5.74, 6) is -0.165. The Morgan fingerprint density at radius 3 is 2.75 bits per heavy atom. The molecule has 0 radical (unpaired) electrons. The molecule has 0 bridgehead atoms. The first kappa shape index (κ1) is 14.8. The Morgan fingerprint density at radius 1 is 1.35 bits per heavy atom. The van der Waals surface area contributed by atoms with E-state index >= 15 is 0 Å². The highest BCUT2D eigenvalue weighted by atomic mass is 16.5. The van der Waals surface area contributed by atoms with Crippen molar-refractivity contribution in [3.8, 4) is 0 Å². The monoisotopic (exact) mass is 278 g/mol. The maximum absolute atomic E-state index is 12.2. The lowest BCUT2D eigenvalue weighted by molar-refractivity contribution is -0.0605. The minimum atomic E-state index is -0.846. The average Bonchev–Trinajstić information content (AvgIpc) is 2.47. The zero-order chi connectivity index (χ0) is 14.4. The SMILES string of the molecule is CCNc1ccccc1C(=O)NCC1(O)CCOCC1. The first-order chi connectivity index (χ1) is 9.64. The summed E-state index contributed by atoms with van der Waals surface area (Å²) in [7, 11) is 0. The van der Waals surface area contributed by atoms with E-state index in [1.165, 1.54) is 0 Å². The minimum Gasteiger partial charge on any atom is -0.388 e. The molecule has 0 unspecified atom stereocenters. The fraction of sp³-hybridized carbons (Fsp3) is 0.533. The summed E-state index contributed by atoms with van der Waals surface area (Å²) in [4.78, 5) is 12.2. The zero-order valence-corrected chi connectivity index (χ0v) is 11.8. The quantitative estimate of drug-likeness (QED) is 0.761. The summed E-state index contributed by atoms with van der Waals surface area (Å²) in [5.41, 5.74) is 0.567. The molecule has 1 aromatic carbocycles. The standard InChI is InChI=1S/C15H22N2O3/c1-2-16-13-6-4-3-5-12(13)14(18)17-11-15(19)7-9-20-10-8-15/h3-6,16,19H,2,7-11H2,1H3,(H,17,18). The van der Waals surface area contributed by atoms with Gasteiger partial charge in [-0.1, -0.05) is 12.1 Å². The van der Waals surface area contributed by atoms with E-state index < -0.39 is 5.60 Å². The van der Waals surface area contributed by atoms with E-state index in [4.69, 9.17) is 4.74 Å². The molecule has 5 nitrogen and oxygen atoms in total. The largest absolute Gasteiger partial charge is 0.388 e. The van der Waals surface area contributed by atoms with Gasteiger partial charge in [0, 0.05) is 44.8 Å². The lowest BCUT2D eigenvalue weighted by Crippen LogP contribution is -2.46. The van der Waals surface area contributed by atoms with Gasteiger partial charge in [0.1, 0.15) is 0 Å². The number of aliphatic hydroxyl groups is 1. The maximum Gasteiger partial charge on any atom is 0.253 e. The van der Waals surface area contributed by atoms with Crippen molar-refractivity contribution in [3.63, 3.8) is 0 Å². The summed E-state index contributed by atoms with van der Waals surface area (Å²) >= 11 is 0. The van der Waals surface area contributed by atoms with Crippen molar-refractivity contribution in [3.05, 3.63) is 29.8 Å². The Morgan fingerprint density at radius 2 is 2.05 bits per heavy atom. The van der Waals surface area contributed by atoms with Crippen LogP contribution in [0.5, 0.6) is 0 Å². The molecule has 0 aliphatic carbocycles. The number of nitrogens with one attached hydrogen (secondary N) is 2. The van der Waals surface area contributed by atoms with E-state index in [1.54, 1.807) is 6.07 Å². The fourth-order valence-electron chi connectivity index (χ4n) is 2.29. The smallest absolute Gasteiger partial charge is 0.253 e. The van der Waals surface area contributed by atoms with Crippen LogP contribution in [0.15, 0.2) is 24.3 Å². The Hall–Kier alpha value is -1.59. The molecule has 3 N–H and O–H groups in total. The Bertz CT molecular complexity index is 456. The van der Waals surface area contributed by atoms with Crippen molar-refractivity contribution in [1.29, 1.82) is 0 Å². The van der Waals surface area contributed by atoms with Gasteiger partial charge >= 0.3 is 0 Å². The highest BCUT2D eigenvalue weighted by molar-refractivity contribution is 5.99. The summed E-state index contributed by atoms with van der Waals surface area (Å²) in [6.45, 7) is 4.08. The van der Waals surface area contributed by atoms with E-state index in [9.17, 15) is 9.90 Å². The van der Waals surface area contributed by atoms with E-state index in [-0.39, 0.29) is 12.5 Å².